The van der Waals surface area contributed by atoms with Crippen molar-refractivity contribution in [1.82, 2.24) is 9.97 Å². The minimum Gasteiger partial charge on any atom is -0.345 e. The van der Waals surface area contributed by atoms with Crippen molar-refractivity contribution in [3.63, 3.8) is 0 Å². The Bertz CT molecular complexity index is 415. The molecule has 1 N–H and O–H groups in total. The van der Waals surface area contributed by atoms with Gasteiger partial charge in [0.15, 0.2) is 0 Å². The standard InChI is InChI=1S/C15H20N2/c1-2-3-4-5-6-13-7-9-14(10-8-13)15-16-11-12-17-15/h7-12H,2-6H2,1H3,(H,16,17). The summed E-state index contributed by atoms with van der Waals surface area (Å²) in [5.41, 5.74) is 2.59. The molecule has 2 rings (SSSR count). The number of nitrogens with one attached hydrogen (secondary N) is 1. The lowest BCUT2D eigenvalue weighted by atomic mass is 10.0. The first-order chi connectivity index (χ1) is 8.40. The van der Waals surface area contributed by atoms with E-state index in [9.17, 15) is 0 Å². The van der Waals surface area contributed by atoms with Crippen LogP contribution in [0.15, 0.2) is 36.7 Å². The molecule has 0 saturated carbocycles. The quantitative estimate of drug-likeness (QED) is 0.737. The highest BCUT2D eigenvalue weighted by Gasteiger charge is 1.99. The molecule has 0 radical (unpaired) electrons. The number of benzene rings is 1. The third-order valence-electron chi connectivity index (χ3n) is 3.04. The van der Waals surface area contributed by atoms with Crippen LogP contribution in [0.2, 0.25) is 0 Å². The van der Waals surface area contributed by atoms with Crippen LogP contribution in [0.1, 0.15) is 38.2 Å². The maximum Gasteiger partial charge on any atom is 0.137 e. The van der Waals surface area contributed by atoms with Crippen molar-refractivity contribution in [2.45, 2.75) is 39.0 Å². The maximum absolute atomic E-state index is 4.25. The second-order valence-corrected chi connectivity index (χ2v) is 4.45. The fourth-order valence-corrected chi connectivity index (χ4v) is 2.01. The zero-order valence-electron chi connectivity index (χ0n) is 10.4. The number of hydrogen-bond donors (Lipinski definition) is 1. The van der Waals surface area contributed by atoms with Crippen LogP contribution >= 0.6 is 0 Å². The number of aryl methyl sites for hydroxylation is 1. The minimum atomic E-state index is 0.947. The summed E-state index contributed by atoms with van der Waals surface area (Å²) in [7, 11) is 0. The van der Waals surface area contributed by atoms with Crippen molar-refractivity contribution < 1.29 is 0 Å². The van der Waals surface area contributed by atoms with E-state index in [0.29, 0.717) is 0 Å². The van der Waals surface area contributed by atoms with Gasteiger partial charge in [0.2, 0.25) is 0 Å². The summed E-state index contributed by atoms with van der Waals surface area (Å²) in [6.07, 6.45) is 10.1. The molecule has 0 aliphatic rings. The Balaban J connectivity index is 1.90. The second kappa shape index (κ2) is 6.24. The predicted octanol–water partition coefficient (Wildman–Crippen LogP) is 4.20. The highest BCUT2D eigenvalue weighted by molar-refractivity contribution is 5.55. The molecule has 1 aromatic heterocycles. The van der Waals surface area contributed by atoms with E-state index in [0.717, 1.165) is 11.4 Å². The summed E-state index contributed by atoms with van der Waals surface area (Å²) in [5.74, 6) is 0.947. The number of rotatable bonds is 6. The van der Waals surface area contributed by atoms with E-state index < -0.39 is 0 Å². The van der Waals surface area contributed by atoms with Crippen LogP contribution in [-0.2, 0) is 6.42 Å². The van der Waals surface area contributed by atoms with Crippen molar-refractivity contribution in [2.75, 3.05) is 0 Å². The number of imidazole rings is 1. The van der Waals surface area contributed by atoms with E-state index >= 15 is 0 Å². The Morgan fingerprint density at radius 3 is 2.53 bits per heavy atom. The van der Waals surface area contributed by atoms with Gasteiger partial charge in [-0.25, -0.2) is 4.98 Å². The van der Waals surface area contributed by atoms with Gasteiger partial charge in [-0.3, -0.25) is 0 Å². The van der Waals surface area contributed by atoms with Gasteiger partial charge in [-0.15, -0.1) is 0 Å². The third-order valence-corrected chi connectivity index (χ3v) is 3.04. The van der Waals surface area contributed by atoms with Crippen LogP contribution in [0.4, 0.5) is 0 Å². The molecule has 0 spiro atoms. The SMILES string of the molecule is CCCCCCc1ccc(-c2ncc[nH]2)cc1. The van der Waals surface area contributed by atoms with E-state index in [1.54, 1.807) is 6.20 Å². The molecule has 0 unspecified atom stereocenters. The Morgan fingerprint density at radius 1 is 1.06 bits per heavy atom. The first-order valence-corrected chi connectivity index (χ1v) is 6.49. The van der Waals surface area contributed by atoms with Gasteiger partial charge in [0.1, 0.15) is 5.82 Å². The molecule has 2 nitrogen and oxygen atoms in total. The van der Waals surface area contributed by atoms with Crippen LogP contribution in [-0.4, -0.2) is 9.97 Å². The number of unbranched alkanes of at least 4 members (excludes halogenated alkanes) is 3. The van der Waals surface area contributed by atoms with Crippen molar-refractivity contribution in [2.24, 2.45) is 0 Å². The molecular formula is C15H20N2. The molecule has 0 saturated heterocycles. The van der Waals surface area contributed by atoms with E-state index in [2.05, 4.69) is 41.2 Å². The van der Waals surface area contributed by atoms with Crippen LogP contribution in [0.25, 0.3) is 11.4 Å². The van der Waals surface area contributed by atoms with Crippen molar-refractivity contribution in [3.8, 4) is 11.4 Å². The lowest BCUT2D eigenvalue weighted by molar-refractivity contribution is 0.667. The van der Waals surface area contributed by atoms with Crippen molar-refractivity contribution in [1.29, 1.82) is 0 Å². The first kappa shape index (κ1) is 11.9. The molecule has 2 aromatic rings. The molecule has 1 heterocycles. The lowest BCUT2D eigenvalue weighted by Crippen LogP contribution is -1.87. The largest absolute Gasteiger partial charge is 0.345 e. The fourth-order valence-electron chi connectivity index (χ4n) is 2.01. The summed E-state index contributed by atoms with van der Waals surface area (Å²) in [6, 6.07) is 8.72. The monoisotopic (exact) mass is 228 g/mol. The smallest absolute Gasteiger partial charge is 0.137 e. The highest BCUT2D eigenvalue weighted by Crippen LogP contribution is 2.16. The van der Waals surface area contributed by atoms with Gasteiger partial charge in [0.05, 0.1) is 0 Å². The Morgan fingerprint density at radius 2 is 1.88 bits per heavy atom. The molecular weight excluding hydrogens is 208 g/mol. The fraction of sp³-hybridized carbons (Fsp3) is 0.400. The summed E-state index contributed by atoms with van der Waals surface area (Å²) < 4.78 is 0. The van der Waals surface area contributed by atoms with Crippen LogP contribution in [0.5, 0.6) is 0 Å². The summed E-state index contributed by atoms with van der Waals surface area (Å²) in [4.78, 5) is 7.37. The molecule has 0 fully saturated rings. The van der Waals surface area contributed by atoms with E-state index in [-0.39, 0.29) is 0 Å². The van der Waals surface area contributed by atoms with Gasteiger partial charge < -0.3 is 4.98 Å². The molecule has 17 heavy (non-hydrogen) atoms. The van der Waals surface area contributed by atoms with Crippen molar-refractivity contribution in [3.05, 3.63) is 42.2 Å². The topological polar surface area (TPSA) is 28.7 Å². The van der Waals surface area contributed by atoms with E-state index in [1.807, 2.05) is 6.20 Å². The van der Waals surface area contributed by atoms with Crippen LogP contribution in [0, 0.1) is 0 Å². The minimum absolute atomic E-state index is 0.947. The molecule has 0 bridgehead atoms. The normalized spacial score (nSPS) is 10.6. The van der Waals surface area contributed by atoms with Gasteiger partial charge in [-0.1, -0.05) is 50.5 Å². The summed E-state index contributed by atoms with van der Waals surface area (Å²) in [5, 5.41) is 0. The summed E-state index contributed by atoms with van der Waals surface area (Å²) >= 11 is 0. The number of hydrogen-bond acceptors (Lipinski definition) is 1. The molecule has 0 amide bonds. The highest BCUT2D eigenvalue weighted by atomic mass is 14.9. The average Bonchev–Trinajstić information content (AvgIpc) is 2.89. The van der Waals surface area contributed by atoms with Crippen LogP contribution < -0.4 is 0 Å². The van der Waals surface area contributed by atoms with Gasteiger partial charge in [-0.05, 0) is 18.4 Å². The van der Waals surface area contributed by atoms with Gasteiger partial charge in [-0.2, -0.15) is 0 Å². The maximum atomic E-state index is 4.25. The molecule has 0 aliphatic heterocycles. The molecule has 90 valence electrons. The average molecular weight is 228 g/mol. The number of nitrogens with zero attached hydrogens (tertiary/aromatic N) is 1. The van der Waals surface area contributed by atoms with Gasteiger partial charge in [0.25, 0.3) is 0 Å². The molecule has 0 atom stereocenters. The Labute approximate surface area is 103 Å². The van der Waals surface area contributed by atoms with Gasteiger partial charge in [0, 0.05) is 18.0 Å². The van der Waals surface area contributed by atoms with Crippen LogP contribution in [0.3, 0.4) is 0 Å². The first-order valence-electron chi connectivity index (χ1n) is 6.49. The zero-order valence-corrected chi connectivity index (χ0v) is 10.4. The Kier molecular flexibility index (Phi) is 4.37. The predicted molar refractivity (Wildman–Crippen MR) is 71.9 cm³/mol. The number of aromatic nitrogens is 2. The molecule has 0 aliphatic carbocycles. The lowest BCUT2D eigenvalue weighted by Gasteiger charge is -2.02. The third kappa shape index (κ3) is 3.45. The van der Waals surface area contributed by atoms with E-state index in [1.165, 1.54) is 37.7 Å². The Hall–Kier alpha value is -1.57. The molecule has 2 heteroatoms. The number of aromatic amines is 1. The second-order valence-electron chi connectivity index (χ2n) is 4.45. The van der Waals surface area contributed by atoms with Gasteiger partial charge >= 0.3 is 0 Å². The molecule has 1 aromatic carbocycles. The van der Waals surface area contributed by atoms with Crippen molar-refractivity contribution >= 4 is 0 Å². The summed E-state index contributed by atoms with van der Waals surface area (Å²) in [6.45, 7) is 2.25. The zero-order chi connectivity index (χ0) is 11.9. The van der Waals surface area contributed by atoms with E-state index in [4.69, 9.17) is 0 Å². The number of H-pyrrole nitrogens is 1.